The van der Waals surface area contributed by atoms with Gasteiger partial charge in [0, 0.05) is 0 Å². The van der Waals surface area contributed by atoms with Crippen molar-refractivity contribution in [3.05, 3.63) is 22.8 Å². The average Bonchev–Trinajstić information content (AvgIpc) is 2.34. The fourth-order valence-corrected chi connectivity index (χ4v) is 1.01. The molecule has 1 rings (SSSR count). The van der Waals surface area contributed by atoms with Crippen LogP contribution in [0.3, 0.4) is 0 Å². The van der Waals surface area contributed by atoms with E-state index in [9.17, 15) is 0 Å². The van der Waals surface area contributed by atoms with Gasteiger partial charge in [0.2, 0.25) is 0 Å². The Balaban J connectivity index is 2.71. The SMILES string of the molecule is C=C(C)CC(N)c1nc(=S)o[nH]1. The number of rotatable bonds is 3. The Morgan fingerprint density at radius 1 is 1.92 bits per heavy atom. The molecule has 5 heteroatoms. The summed E-state index contributed by atoms with van der Waals surface area (Å²) in [5.41, 5.74) is 6.75. The van der Waals surface area contributed by atoms with E-state index in [0.717, 1.165) is 5.57 Å². The molecule has 0 saturated carbocycles. The summed E-state index contributed by atoms with van der Waals surface area (Å²) in [6.45, 7) is 5.66. The van der Waals surface area contributed by atoms with Crippen LogP contribution < -0.4 is 5.73 Å². The maximum absolute atomic E-state index is 5.75. The molecule has 0 aliphatic heterocycles. The van der Waals surface area contributed by atoms with Crippen molar-refractivity contribution >= 4 is 12.2 Å². The first-order chi connectivity index (χ1) is 5.59. The minimum atomic E-state index is -0.206. The number of nitrogens with one attached hydrogen (secondary N) is 1. The highest BCUT2D eigenvalue weighted by Gasteiger charge is 2.09. The molecule has 0 fully saturated rings. The molecule has 0 bridgehead atoms. The Bertz CT molecular complexity index is 327. The summed E-state index contributed by atoms with van der Waals surface area (Å²) in [7, 11) is 0. The molecule has 0 aromatic carbocycles. The Morgan fingerprint density at radius 2 is 2.58 bits per heavy atom. The molecule has 4 nitrogen and oxygen atoms in total. The van der Waals surface area contributed by atoms with Crippen molar-refractivity contribution in [2.24, 2.45) is 5.73 Å². The predicted molar refractivity (Wildman–Crippen MR) is 48.0 cm³/mol. The monoisotopic (exact) mass is 185 g/mol. The van der Waals surface area contributed by atoms with E-state index in [1.165, 1.54) is 0 Å². The molecule has 0 saturated heterocycles. The van der Waals surface area contributed by atoms with Crippen LogP contribution in [0.1, 0.15) is 25.2 Å². The third-order valence-corrected chi connectivity index (χ3v) is 1.55. The summed E-state index contributed by atoms with van der Waals surface area (Å²) in [5, 5.41) is 2.55. The van der Waals surface area contributed by atoms with E-state index in [4.69, 9.17) is 10.3 Å². The summed E-state index contributed by atoms with van der Waals surface area (Å²) in [6, 6.07) is -0.206. The zero-order valence-electron chi connectivity index (χ0n) is 6.83. The highest BCUT2D eigenvalue weighted by Crippen LogP contribution is 2.13. The molecule has 1 aromatic rings. The largest absolute Gasteiger partial charge is 0.348 e. The molecule has 0 aliphatic rings. The smallest absolute Gasteiger partial charge is 0.314 e. The van der Waals surface area contributed by atoms with Gasteiger partial charge in [-0.3, -0.25) is 0 Å². The maximum Gasteiger partial charge on any atom is 0.314 e. The first kappa shape index (κ1) is 9.15. The van der Waals surface area contributed by atoms with Crippen molar-refractivity contribution in [1.29, 1.82) is 0 Å². The van der Waals surface area contributed by atoms with Gasteiger partial charge in [0.1, 0.15) is 0 Å². The average molecular weight is 185 g/mol. The molecule has 0 spiro atoms. The lowest BCUT2D eigenvalue weighted by Crippen LogP contribution is -2.12. The fraction of sp³-hybridized carbons (Fsp3) is 0.429. The van der Waals surface area contributed by atoms with Crippen LogP contribution in [0, 0.1) is 4.84 Å². The van der Waals surface area contributed by atoms with E-state index in [2.05, 4.69) is 28.9 Å². The summed E-state index contributed by atoms with van der Waals surface area (Å²) >= 11 is 4.68. The van der Waals surface area contributed by atoms with Crippen molar-refractivity contribution in [2.75, 3.05) is 0 Å². The van der Waals surface area contributed by atoms with Crippen molar-refractivity contribution < 1.29 is 4.52 Å². The van der Waals surface area contributed by atoms with Gasteiger partial charge in [-0.05, 0) is 25.6 Å². The second kappa shape index (κ2) is 3.64. The lowest BCUT2D eigenvalue weighted by molar-refractivity contribution is 0.393. The quantitative estimate of drug-likeness (QED) is 0.555. The predicted octanol–water partition coefficient (Wildman–Crippen LogP) is 1.70. The molecule has 1 unspecified atom stereocenters. The van der Waals surface area contributed by atoms with Crippen LogP contribution in [0.5, 0.6) is 0 Å². The lowest BCUT2D eigenvalue weighted by Gasteiger charge is -2.05. The normalized spacial score (nSPS) is 12.8. The molecule has 0 amide bonds. The van der Waals surface area contributed by atoms with Crippen LogP contribution in [0.2, 0.25) is 0 Å². The van der Waals surface area contributed by atoms with Crippen LogP contribution in [-0.4, -0.2) is 10.1 Å². The van der Waals surface area contributed by atoms with Crippen LogP contribution in [-0.2, 0) is 0 Å². The third kappa shape index (κ3) is 2.28. The van der Waals surface area contributed by atoms with Crippen LogP contribution in [0.15, 0.2) is 16.7 Å². The number of H-pyrrole nitrogens is 1. The van der Waals surface area contributed by atoms with E-state index in [1.807, 2.05) is 6.92 Å². The van der Waals surface area contributed by atoms with Crippen LogP contribution in [0.25, 0.3) is 0 Å². The van der Waals surface area contributed by atoms with E-state index in [1.54, 1.807) is 0 Å². The third-order valence-electron chi connectivity index (χ3n) is 1.37. The van der Waals surface area contributed by atoms with E-state index in [0.29, 0.717) is 12.2 Å². The Morgan fingerprint density at radius 3 is 3.00 bits per heavy atom. The topological polar surface area (TPSA) is 67.8 Å². The summed E-state index contributed by atoms with van der Waals surface area (Å²) < 4.78 is 4.74. The maximum atomic E-state index is 5.75. The van der Waals surface area contributed by atoms with Crippen LogP contribution >= 0.6 is 12.2 Å². The molecule has 3 N–H and O–H groups in total. The summed E-state index contributed by atoms with van der Waals surface area (Å²) in [5.74, 6) is 0.572. The van der Waals surface area contributed by atoms with Crippen LogP contribution in [0.4, 0.5) is 0 Å². The number of aromatic nitrogens is 2. The van der Waals surface area contributed by atoms with E-state index in [-0.39, 0.29) is 10.9 Å². The van der Waals surface area contributed by atoms with Gasteiger partial charge in [-0.2, -0.15) is 4.98 Å². The number of hydrogen-bond donors (Lipinski definition) is 2. The van der Waals surface area contributed by atoms with Gasteiger partial charge in [0.15, 0.2) is 5.82 Å². The first-order valence-corrected chi connectivity index (χ1v) is 3.96. The van der Waals surface area contributed by atoms with Gasteiger partial charge >= 0.3 is 4.84 Å². The number of nitrogens with two attached hydrogens (primary N) is 1. The minimum absolute atomic E-state index is 0.183. The second-order valence-corrected chi connectivity index (χ2v) is 3.08. The van der Waals surface area contributed by atoms with E-state index >= 15 is 0 Å². The number of nitrogens with zero attached hydrogens (tertiary/aromatic N) is 1. The molecule has 1 heterocycles. The zero-order valence-corrected chi connectivity index (χ0v) is 7.65. The Kier molecular flexibility index (Phi) is 2.78. The molecule has 1 aromatic heterocycles. The molecule has 0 aliphatic carbocycles. The van der Waals surface area contributed by atoms with Crippen molar-refractivity contribution in [3.63, 3.8) is 0 Å². The summed E-state index contributed by atoms with van der Waals surface area (Å²) in [4.78, 5) is 4.07. The van der Waals surface area contributed by atoms with Gasteiger partial charge in [0.05, 0.1) is 6.04 Å². The van der Waals surface area contributed by atoms with Crippen molar-refractivity contribution in [1.82, 2.24) is 10.1 Å². The number of hydrogen-bond acceptors (Lipinski definition) is 4. The van der Waals surface area contributed by atoms with E-state index < -0.39 is 0 Å². The van der Waals surface area contributed by atoms with Gasteiger partial charge in [-0.25, -0.2) is 5.16 Å². The molecule has 0 radical (unpaired) electrons. The molecule has 1 atom stereocenters. The summed E-state index contributed by atoms with van der Waals surface area (Å²) in [6.07, 6.45) is 0.678. The van der Waals surface area contributed by atoms with Gasteiger partial charge in [-0.15, -0.1) is 6.58 Å². The highest BCUT2D eigenvalue weighted by molar-refractivity contribution is 7.71. The Hall–Kier alpha value is -0.940. The standard InChI is InChI=1S/C7H11N3OS/c1-4(2)3-5(8)6-9-7(12)11-10-6/h5H,1,3,8H2,2H3,(H,9,10,12). The second-order valence-electron chi connectivity index (χ2n) is 2.73. The molecular formula is C7H11N3OS. The van der Waals surface area contributed by atoms with Crippen molar-refractivity contribution in [2.45, 2.75) is 19.4 Å². The highest BCUT2D eigenvalue weighted by atomic mass is 32.1. The van der Waals surface area contributed by atoms with Gasteiger partial charge < -0.3 is 10.3 Å². The Labute approximate surface area is 75.5 Å². The molecular weight excluding hydrogens is 174 g/mol. The fourth-order valence-electron chi connectivity index (χ4n) is 0.871. The molecule has 66 valence electrons. The van der Waals surface area contributed by atoms with Gasteiger partial charge in [-0.1, -0.05) is 5.57 Å². The zero-order chi connectivity index (χ0) is 9.14. The lowest BCUT2D eigenvalue weighted by atomic mass is 10.1. The number of aromatic amines is 1. The first-order valence-electron chi connectivity index (χ1n) is 3.55. The van der Waals surface area contributed by atoms with Gasteiger partial charge in [0.25, 0.3) is 0 Å². The van der Waals surface area contributed by atoms with Crippen molar-refractivity contribution in [3.8, 4) is 0 Å². The minimum Gasteiger partial charge on any atom is -0.348 e. The molecule has 12 heavy (non-hydrogen) atoms.